The van der Waals surface area contributed by atoms with Crippen LogP contribution in [-0.4, -0.2) is 72.0 Å². The van der Waals surface area contributed by atoms with Crippen LogP contribution in [0.1, 0.15) is 77.4 Å². The van der Waals surface area contributed by atoms with Gasteiger partial charge in [0.05, 0.1) is 42.8 Å². The van der Waals surface area contributed by atoms with Crippen LogP contribution < -0.4 is 10.6 Å². The maximum absolute atomic E-state index is 14.2. The van der Waals surface area contributed by atoms with Crippen molar-refractivity contribution in [3.63, 3.8) is 0 Å². The molecular formula is C63H64N4O7S. The van der Waals surface area contributed by atoms with E-state index in [1.165, 1.54) is 7.11 Å². The van der Waals surface area contributed by atoms with Gasteiger partial charge in [0.15, 0.2) is 0 Å². The summed E-state index contributed by atoms with van der Waals surface area (Å²) in [5, 5.41) is 5.75. The number of fused-ring (bicyclic) bond motifs is 3. The summed E-state index contributed by atoms with van der Waals surface area (Å²) in [4.78, 5) is 60.7. The molecule has 0 saturated carbocycles. The van der Waals surface area contributed by atoms with Gasteiger partial charge in [-0.1, -0.05) is 196 Å². The number of ether oxygens (including phenoxy) is 3. The molecule has 0 bridgehead atoms. The zero-order chi connectivity index (χ0) is 52.4. The summed E-state index contributed by atoms with van der Waals surface area (Å²) in [5.41, 5.74) is 10.2. The first kappa shape index (κ1) is 53.5. The Labute approximate surface area is 444 Å². The van der Waals surface area contributed by atoms with Crippen molar-refractivity contribution in [2.24, 2.45) is 5.92 Å². The zero-order valence-corrected chi connectivity index (χ0v) is 43.5. The molecule has 2 unspecified atom stereocenters. The molecule has 0 fully saturated rings. The van der Waals surface area contributed by atoms with E-state index in [9.17, 15) is 19.2 Å². The van der Waals surface area contributed by atoms with Crippen LogP contribution in [0.3, 0.4) is 0 Å². The predicted octanol–water partition coefficient (Wildman–Crippen LogP) is 11.4. The number of carbonyl (C=O) groups is 4. The Morgan fingerprint density at radius 1 is 0.680 bits per heavy atom. The van der Waals surface area contributed by atoms with Gasteiger partial charge in [-0.3, -0.25) is 19.5 Å². The van der Waals surface area contributed by atoms with Crippen LogP contribution in [0.4, 0.5) is 4.79 Å². The van der Waals surface area contributed by atoms with E-state index in [0.717, 1.165) is 44.5 Å². The predicted molar refractivity (Wildman–Crippen MR) is 295 cm³/mol. The molecule has 0 radical (unpaired) electrons. The molecular weight excluding hydrogens is 957 g/mol. The standard InChI is InChI=1S/C63H64N4O7S/c1-45(2)60(66-62(71)73-44-57-55-36-18-16-34-53(55)54-35-17-19-37-56(54)57)61(70)74-52(33-20-21-38-75-63(47-25-10-5-11-26-47,48-27-12-6-13-28-48)49-29-14-7-15-30-49)39-58(68)64-40-50-31-22-32-51(65-50)42-67(43-59(69)72-3)41-46-23-8-4-9-24-46/h4-20,22-37,45,52,57,60H,21,38-44H2,1-3H3,(H,64,68)(H,66,71). The molecule has 7 aromatic rings. The van der Waals surface area contributed by atoms with Crippen molar-refractivity contribution in [2.75, 3.05) is 26.0 Å². The van der Waals surface area contributed by atoms with Crippen molar-refractivity contribution >= 4 is 35.7 Å². The monoisotopic (exact) mass is 1020 g/mol. The number of benzene rings is 6. The molecule has 6 aromatic carbocycles. The van der Waals surface area contributed by atoms with Gasteiger partial charge in [0.1, 0.15) is 18.8 Å². The summed E-state index contributed by atoms with van der Waals surface area (Å²) in [5.74, 6) is -1.25. The molecule has 75 heavy (non-hydrogen) atoms. The van der Waals surface area contributed by atoms with E-state index in [1.807, 2.05) is 140 Å². The highest BCUT2D eigenvalue weighted by molar-refractivity contribution is 8.00. The number of pyridine rings is 1. The van der Waals surface area contributed by atoms with Crippen molar-refractivity contribution in [1.29, 1.82) is 0 Å². The third-order valence-electron chi connectivity index (χ3n) is 13.2. The van der Waals surface area contributed by atoms with Gasteiger partial charge in [-0.25, -0.2) is 9.59 Å². The van der Waals surface area contributed by atoms with Gasteiger partial charge < -0.3 is 24.8 Å². The van der Waals surface area contributed by atoms with Crippen LogP contribution in [0.15, 0.2) is 200 Å². The summed E-state index contributed by atoms with van der Waals surface area (Å²) in [6.07, 6.45) is 2.41. The summed E-state index contributed by atoms with van der Waals surface area (Å²) in [6, 6.07) is 62.0. The summed E-state index contributed by atoms with van der Waals surface area (Å²) in [6.45, 7) is 4.80. The van der Waals surface area contributed by atoms with Gasteiger partial charge in [0.2, 0.25) is 5.91 Å². The lowest BCUT2D eigenvalue weighted by molar-refractivity contribution is -0.151. The van der Waals surface area contributed by atoms with Crippen LogP contribution in [-0.2, 0) is 53.0 Å². The highest BCUT2D eigenvalue weighted by Crippen LogP contribution is 2.49. The van der Waals surface area contributed by atoms with Gasteiger partial charge in [-0.05, 0) is 80.8 Å². The number of methoxy groups -OCH3 is 1. The number of thioether (sulfide) groups is 1. The van der Waals surface area contributed by atoms with Crippen molar-refractivity contribution in [3.05, 3.63) is 245 Å². The lowest BCUT2D eigenvalue weighted by Crippen LogP contribution is -2.47. The fourth-order valence-electron chi connectivity index (χ4n) is 9.58. The highest BCUT2D eigenvalue weighted by Gasteiger charge is 2.37. The first-order chi connectivity index (χ1) is 36.6. The molecule has 2 N–H and O–H groups in total. The molecule has 1 aliphatic rings. The average Bonchev–Trinajstić information content (AvgIpc) is 3.76. The van der Waals surface area contributed by atoms with Crippen molar-refractivity contribution in [3.8, 4) is 11.1 Å². The quantitative estimate of drug-likeness (QED) is 0.0198. The summed E-state index contributed by atoms with van der Waals surface area (Å²) in [7, 11) is 1.37. The normalized spacial score (nSPS) is 12.9. The molecule has 2 atom stereocenters. The van der Waals surface area contributed by atoms with E-state index in [-0.39, 0.29) is 49.8 Å². The Bertz CT molecular complexity index is 2870. The second kappa shape index (κ2) is 26.4. The van der Waals surface area contributed by atoms with Gasteiger partial charge in [-0.15, -0.1) is 11.8 Å². The fraction of sp³-hybridized carbons (Fsp3) is 0.254. The Morgan fingerprint density at radius 3 is 1.80 bits per heavy atom. The van der Waals surface area contributed by atoms with E-state index in [0.29, 0.717) is 36.7 Å². The second-order valence-electron chi connectivity index (χ2n) is 18.8. The zero-order valence-electron chi connectivity index (χ0n) is 42.7. The third kappa shape index (κ3) is 14.1. The maximum atomic E-state index is 14.2. The number of aromatic nitrogens is 1. The molecule has 11 nitrogen and oxygen atoms in total. The third-order valence-corrected chi connectivity index (χ3v) is 14.8. The van der Waals surface area contributed by atoms with Gasteiger partial charge in [-0.2, -0.15) is 0 Å². The number of carbonyl (C=O) groups excluding carboxylic acids is 4. The van der Waals surface area contributed by atoms with Crippen molar-refractivity contribution in [2.45, 2.75) is 69.1 Å². The molecule has 1 heterocycles. The van der Waals surface area contributed by atoms with Crippen LogP contribution in [0.25, 0.3) is 11.1 Å². The Morgan fingerprint density at radius 2 is 1.23 bits per heavy atom. The number of esters is 2. The van der Waals surface area contributed by atoms with Gasteiger partial charge in [0.25, 0.3) is 0 Å². The number of hydrogen-bond donors (Lipinski definition) is 2. The molecule has 0 saturated heterocycles. The minimum atomic E-state index is -1.06. The Balaban J connectivity index is 0.962. The number of amides is 2. The average molecular weight is 1020 g/mol. The van der Waals surface area contributed by atoms with Crippen molar-refractivity contribution in [1.82, 2.24) is 20.5 Å². The van der Waals surface area contributed by atoms with E-state index in [1.54, 1.807) is 6.08 Å². The molecule has 1 aromatic heterocycles. The minimum Gasteiger partial charge on any atom is -0.468 e. The van der Waals surface area contributed by atoms with Crippen molar-refractivity contribution < 1.29 is 33.4 Å². The Hall–Kier alpha value is -7.80. The van der Waals surface area contributed by atoms with Crippen LogP contribution in [0, 0.1) is 5.92 Å². The van der Waals surface area contributed by atoms with Gasteiger partial charge >= 0.3 is 18.0 Å². The number of allylic oxidation sites excluding steroid dienone is 1. The molecule has 8 rings (SSSR count). The number of alkyl carbamates (subject to hydrolysis) is 1. The van der Waals surface area contributed by atoms with Crippen LogP contribution >= 0.6 is 11.8 Å². The molecule has 1 aliphatic carbocycles. The SMILES string of the molecule is COC(=O)CN(Cc1ccccc1)Cc1cccc(CNC(=O)CC(C=CCCSC(c2ccccc2)(c2ccccc2)c2ccccc2)OC(=O)C(NC(=O)OCC2c3ccccc3-c3ccccc32)C(C)C)n1. The molecule has 2 amide bonds. The first-order valence-corrected chi connectivity index (χ1v) is 26.4. The largest absolute Gasteiger partial charge is 0.468 e. The lowest BCUT2D eigenvalue weighted by Gasteiger charge is -2.35. The second-order valence-corrected chi connectivity index (χ2v) is 20.1. The van der Waals surface area contributed by atoms with Gasteiger partial charge in [0, 0.05) is 19.0 Å². The van der Waals surface area contributed by atoms with E-state index < -0.39 is 29.0 Å². The molecule has 12 heteroatoms. The molecule has 384 valence electrons. The van der Waals surface area contributed by atoms with Crippen LogP contribution in [0.2, 0.25) is 0 Å². The fourth-order valence-corrected chi connectivity index (χ4v) is 11.0. The minimum absolute atomic E-state index is 0.0766. The van der Waals surface area contributed by atoms with E-state index in [2.05, 4.69) is 95.6 Å². The number of nitrogens with zero attached hydrogens (tertiary/aromatic N) is 2. The van der Waals surface area contributed by atoms with E-state index in [4.69, 9.17) is 19.2 Å². The smallest absolute Gasteiger partial charge is 0.407 e. The maximum Gasteiger partial charge on any atom is 0.407 e. The first-order valence-electron chi connectivity index (χ1n) is 25.4. The topological polar surface area (TPSA) is 136 Å². The van der Waals surface area contributed by atoms with Crippen LogP contribution in [0.5, 0.6) is 0 Å². The number of nitrogens with one attached hydrogen (secondary N) is 2. The Kier molecular flexibility index (Phi) is 18.8. The number of rotatable bonds is 24. The van der Waals surface area contributed by atoms with E-state index >= 15 is 0 Å². The lowest BCUT2D eigenvalue weighted by atomic mass is 9.84. The summed E-state index contributed by atoms with van der Waals surface area (Å²) < 4.78 is 16.5. The molecule has 0 spiro atoms. The molecule has 0 aliphatic heterocycles. The number of hydrogen-bond acceptors (Lipinski definition) is 10. The summed E-state index contributed by atoms with van der Waals surface area (Å²) >= 11 is 1.81. The highest BCUT2D eigenvalue weighted by atomic mass is 32.2.